The molecule has 1 aromatic rings. The third kappa shape index (κ3) is 7.79. The topological polar surface area (TPSA) is 87.7 Å². The van der Waals surface area contributed by atoms with E-state index in [9.17, 15) is 14.4 Å². The zero-order valence-corrected chi connectivity index (χ0v) is 22.9. The van der Waals surface area contributed by atoms with Gasteiger partial charge in [-0.1, -0.05) is 50.3 Å². The second-order valence-corrected chi connectivity index (χ2v) is 12.3. The van der Waals surface area contributed by atoms with E-state index in [0.717, 1.165) is 30.3 Å². The minimum atomic E-state index is -0.520. The van der Waals surface area contributed by atoms with Gasteiger partial charge >= 0.3 is 5.97 Å². The molecule has 1 unspecified atom stereocenters. The lowest BCUT2D eigenvalue weighted by molar-refractivity contribution is -0.155. The Kier molecular flexibility index (Phi) is 9.27. The molecule has 2 heterocycles. The van der Waals surface area contributed by atoms with Crippen molar-refractivity contribution in [2.75, 3.05) is 31.5 Å². The molecular weight excluding hydrogens is 466 g/mol. The van der Waals surface area contributed by atoms with Gasteiger partial charge in [-0.2, -0.15) is 0 Å². The number of hydrogen-bond donors (Lipinski definition) is 2. The molecule has 0 spiro atoms. The quantitative estimate of drug-likeness (QED) is 0.462. The van der Waals surface area contributed by atoms with E-state index in [4.69, 9.17) is 4.74 Å². The first-order valence-corrected chi connectivity index (χ1v) is 14.3. The van der Waals surface area contributed by atoms with Crippen LogP contribution in [0.5, 0.6) is 0 Å². The van der Waals surface area contributed by atoms with E-state index in [1.807, 2.05) is 49.9 Å². The predicted molar refractivity (Wildman–Crippen MR) is 145 cm³/mol. The summed E-state index contributed by atoms with van der Waals surface area (Å²) >= 11 is 0. The van der Waals surface area contributed by atoms with Crippen molar-refractivity contribution in [1.29, 1.82) is 0 Å². The Morgan fingerprint density at radius 2 is 1.78 bits per heavy atom. The first kappa shape index (κ1) is 27.6. The van der Waals surface area contributed by atoms with Crippen LogP contribution in [0.25, 0.3) is 0 Å². The van der Waals surface area contributed by atoms with Gasteiger partial charge in [-0.25, -0.2) is 0 Å². The van der Waals surface area contributed by atoms with Crippen LogP contribution in [0.3, 0.4) is 0 Å². The summed E-state index contributed by atoms with van der Waals surface area (Å²) in [6.45, 7) is 8.68. The zero-order chi connectivity index (χ0) is 26.4. The van der Waals surface area contributed by atoms with Gasteiger partial charge in [-0.3, -0.25) is 14.4 Å². The van der Waals surface area contributed by atoms with Gasteiger partial charge in [0.25, 0.3) is 0 Å². The predicted octanol–water partition coefficient (Wildman–Crippen LogP) is 4.87. The van der Waals surface area contributed by atoms with Gasteiger partial charge in [0.1, 0.15) is 5.60 Å². The summed E-state index contributed by atoms with van der Waals surface area (Å²) < 4.78 is 5.49. The van der Waals surface area contributed by atoms with Gasteiger partial charge in [0, 0.05) is 31.6 Å². The molecular formula is C30H45N3O4. The van der Waals surface area contributed by atoms with Crippen LogP contribution in [0.2, 0.25) is 0 Å². The maximum absolute atomic E-state index is 14.0. The number of nitrogens with one attached hydrogen (secondary N) is 2. The van der Waals surface area contributed by atoms with Crippen LogP contribution in [0.15, 0.2) is 24.3 Å². The zero-order valence-electron chi connectivity index (χ0n) is 22.9. The van der Waals surface area contributed by atoms with Crippen LogP contribution in [-0.4, -0.2) is 54.5 Å². The van der Waals surface area contributed by atoms with Crippen LogP contribution < -0.4 is 10.6 Å². The molecule has 0 aromatic heterocycles. The molecule has 37 heavy (non-hydrogen) atoms. The average molecular weight is 512 g/mol. The summed E-state index contributed by atoms with van der Waals surface area (Å²) in [5.74, 6) is 0.897. The fourth-order valence-electron chi connectivity index (χ4n) is 6.36. The molecule has 2 fully saturated rings. The van der Waals surface area contributed by atoms with E-state index >= 15 is 0 Å². The summed E-state index contributed by atoms with van der Waals surface area (Å²) in [5, 5.41) is 6.49. The van der Waals surface area contributed by atoms with Gasteiger partial charge in [-0.15, -0.1) is 0 Å². The Bertz CT molecular complexity index is 950. The van der Waals surface area contributed by atoms with Crippen LogP contribution in [0.4, 0.5) is 5.69 Å². The van der Waals surface area contributed by atoms with Crippen molar-refractivity contribution in [3.63, 3.8) is 0 Å². The number of para-hydroxylation sites is 1. The number of nitrogens with zero attached hydrogens (tertiary/aromatic N) is 1. The van der Waals surface area contributed by atoms with E-state index in [1.54, 1.807) is 0 Å². The summed E-state index contributed by atoms with van der Waals surface area (Å²) in [6.07, 6.45) is 8.91. The number of amides is 2. The Labute approximate surface area is 222 Å². The molecule has 204 valence electrons. The fraction of sp³-hybridized carbons (Fsp3) is 0.700. The highest BCUT2D eigenvalue weighted by Crippen LogP contribution is 2.36. The minimum Gasteiger partial charge on any atom is -0.460 e. The number of benzene rings is 1. The summed E-state index contributed by atoms with van der Waals surface area (Å²) in [5.41, 5.74) is 1.09. The first-order chi connectivity index (χ1) is 17.7. The second kappa shape index (κ2) is 12.4. The molecule has 2 N–H and O–H groups in total. The van der Waals surface area contributed by atoms with Crippen LogP contribution in [-0.2, 0) is 19.1 Å². The molecule has 0 radical (unpaired) electrons. The number of carbonyl (C=O) groups is 3. The number of hydrogen-bond acceptors (Lipinski definition) is 5. The number of rotatable bonds is 9. The summed E-state index contributed by atoms with van der Waals surface area (Å²) in [4.78, 5) is 40.8. The molecule has 0 bridgehead atoms. The van der Waals surface area contributed by atoms with E-state index < -0.39 is 11.5 Å². The van der Waals surface area contributed by atoms with E-state index in [0.29, 0.717) is 31.3 Å². The van der Waals surface area contributed by atoms with Gasteiger partial charge < -0.3 is 20.3 Å². The Hall–Kier alpha value is -2.41. The van der Waals surface area contributed by atoms with Crippen molar-refractivity contribution in [2.45, 2.75) is 90.1 Å². The van der Waals surface area contributed by atoms with Crippen molar-refractivity contribution in [3.05, 3.63) is 29.8 Å². The highest BCUT2D eigenvalue weighted by molar-refractivity contribution is 6.01. The van der Waals surface area contributed by atoms with Crippen LogP contribution in [0, 0.1) is 17.8 Å². The number of esters is 1. The highest BCUT2D eigenvalue weighted by atomic mass is 16.6. The lowest BCUT2D eigenvalue weighted by Gasteiger charge is -2.34. The normalized spacial score (nSPS) is 24.3. The molecule has 1 saturated heterocycles. The van der Waals surface area contributed by atoms with Crippen molar-refractivity contribution in [3.8, 4) is 0 Å². The fourth-order valence-corrected chi connectivity index (χ4v) is 6.36. The Morgan fingerprint density at radius 3 is 2.54 bits per heavy atom. The Balaban J connectivity index is 1.46. The van der Waals surface area contributed by atoms with Crippen LogP contribution in [0.1, 0.15) is 90.0 Å². The molecule has 1 saturated carbocycles. The summed E-state index contributed by atoms with van der Waals surface area (Å²) in [6, 6.07) is 7.61. The monoisotopic (exact) mass is 511 g/mol. The molecule has 2 amide bonds. The third-order valence-electron chi connectivity index (χ3n) is 8.13. The molecule has 4 rings (SSSR count). The van der Waals surface area contributed by atoms with Gasteiger partial charge in [0.2, 0.25) is 11.8 Å². The number of carbonyl (C=O) groups excluding carboxylic acids is 3. The van der Waals surface area contributed by atoms with Gasteiger partial charge in [0.05, 0.1) is 5.92 Å². The lowest BCUT2D eigenvalue weighted by Crippen LogP contribution is -2.43. The standard InChI is InChI=1S/C30H45N3O4/c1-30(2,3)37-28(35)14-9-15-33(20-23-19-31-18-22(23)16-21-10-5-4-6-11-21)29(36)25-17-27(34)32-26-13-8-7-12-24(25)26/h7-8,12-13,21-23,25,31H,4-6,9-11,14-20H2,1-3H3,(H,32,34)/t22-,23+,25?/m1/s1. The SMILES string of the molecule is CC(C)(C)OC(=O)CCCN(C[C@@H]1CNC[C@H]1CC1CCCCC1)C(=O)C1CC(=O)Nc2ccccc21. The van der Waals surface area contributed by atoms with E-state index in [2.05, 4.69) is 10.6 Å². The Morgan fingerprint density at radius 1 is 1.05 bits per heavy atom. The molecule has 1 aromatic carbocycles. The van der Waals surface area contributed by atoms with Gasteiger partial charge in [-0.05, 0) is 76.1 Å². The van der Waals surface area contributed by atoms with Crippen LogP contribution >= 0.6 is 0 Å². The van der Waals surface area contributed by atoms with Gasteiger partial charge in [0.15, 0.2) is 0 Å². The molecule has 1 aliphatic carbocycles. The molecule has 7 nitrogen and oxygen atoms in total. The maximum Gasteiger partial charge on any atom is 0.306 e. The van der Waals surface area contributed by atoms with E-state index in [1.165, 1.54) is 38.5 Å². The molecule has 7 heteroatoms. The largest absolute Gasteiger partial charge is 0.460 e. The molecule has 2 aliphatic heterocycles. The highest BCUT2D eigenvalue weighted by Gasteiger charge is 2.37. The van der Waals surface area contributed by atoms with E-state index in [-0.39, 0.29) is 30.6 Å². The number of anilines is 1. The van der Waals surface area contributed by atoms with Crippen molar-refractivity contribution < 1.29 is 19.1 Å². The second-order valence-electron chi connectivity index (χ2n) is 12.3. The molecule has 3 aliphatic rings. The third-order valence-corrected chi connectivity index (χ3v) is 8.13. The minimum absolute atomic E-state index is 0.00481. The lowest BCUT2D eigenvalue weighted by atomic mass is 9.79. The van der Waals surface area contributed by atoms with Crippen molar-refractivity contribution in [2.24, 2.45) is 17.8 Å². The average Bonchev–Trinajstić information content (AvgIpc) is 3.28. The summed E-state index contributed by atoms with van der Waals surface area (Å²) in [7, 11) is 0. The van der Waals surface area contributed by atoms with Crippen molar-refractivity contribution >= 4 is 23.5 Å². The number of ether oxygens (including phenoxy) is 1. The first-order valence-electron chi connectivity index (χ1n) is 14.3. The maximum atomic E-state index is 14.0. The number of fused-ring (bicyclic) bond motifs is 1. The smallest absolute Gasteiger partial charge is 0.306 e. The molecule has 3 atom stereocenters. The van der Waals surface area contributed by atoms with Crippen molar-refractivity contribution in [1.82, 2.24) is 10.2 Å².